The second kappa shape index (κ2) is 10.8. The number of benzene rings is 1. The fourth-order valence-electron chi connectivity index (χ4n) is 3.84. The maximum atomic E-state index is 13.0. The van der Waals surface area contributed by atoms with Crippen LogP contribution >= 0.6 is 11.6 Å². The molecule has 12 nitrogen and oxygen atoms in total. The quantitative estimate of drug-likeness (QED) is 0.295. The summed E-state index contributed by atoms with van der Waals surface area (Å²) in [5.74, 6) is -0.136. The molecule has 0 bridgehead atoms. The molecular formula is C26H22ClN7O5S. The van der Waals surface area contributed by atoms with Gasteiger partial charge in [0, 0.05) is 6.20 Å². The van der Waals surface area contributed by atoms with Gasteiger partial charge < -0.3 is 14.6 Å². The zero-order valence-corrected chi connectivity index (χ0v) is 23.1. The maximum absolute atomic E-state index is 13.0. The topological polar surface area (TPSA) is 154 Å². The van der Waals surface area contributed by atoms with Crippen molar-refractivity contribution in [2.45, 2.75) is 19.6 Å². The van der Waals surface area contributed by atoms with Crippen molar-refractivity contribution in [2.24, 2.45) is 4.99 Å². The number of halogens is 1. The number of aromatic hydroxyl groups is 1. The second-order valence-electron chi connectivity index (χ2n) is 8.44. The van der Waals surface area contributed by atoms with Gasteiger partial charge in [-0.1, -0.05) is 29.5 Å². The molecule has 0 aliphatic carbocycles. The predicted octanol–water partition coefficient (Wildman–Crippen LogP) is 3.93. The fourth-order valence-corrected chi connectivity index (χ4v) is 5.13. The van der Waals surface area contributed by atoms with Gasteiger partial charge in [-0.25, -0.2) is 28.4 Å². The van der Waals surface area contributed by atoms with E-state index in [0.717, 1.165) is 5.56 Å². The third kappa shape index (κ3) is 5.40. The van der Waals surface area contributed by atoms with E-state index in [-0.39, 0.29) is 56.9 Å². The molecule has 2 N–H and O–H groups in total. The van der Waals surface area contributed by atoms with Crippen LogP contribution in [0.25, 0.3) is 22.7 Å². The number of pyridine rings is 1. The molecule has 1 aromatic carbocycles. The van der Waals surface area contributed by atoms with E-state index in [4.69, 9.17) is 21.1 Å². The van der Waals surface area contributed by atoms with E-state index < -0.39 is 15.8 Å². The van der Waals surface area contributed by atoms with Crippen molar-refractivity contribution in [2.75, 3.05) is 18.4 Å². The highest BCUT2D eigenvalue weighted by molar-refractivity contribution is 7.91. The Morgan fingerprint density at radius 2 is 2.00 bits per heavy atom. The summed E-state index contributed by atoms with van der Waals surface area (Å²) in [5.41, 5.74) is 7.41. The Balaban J connectivity index is 1.69. The van der Waals surface area contributed by atoms with Crippen molar-refractivity contribution in [3.63, 3.8) is 0 Å². The molecule has 0 unspecified atom stereocenters. The van der Waals surface area contributed by atoms with Crippen molar-refractivity contribution >= 4 is 50.3 Å². The maximum Gasteiger partial charge on any atom is 0.239 e. The van der Waals surface area contributed by atoms with E-state index in [1.807, 2.05) is 13.8 Å². The summed E-state index contributed by atoms with van der Waals surface area (Å²) in [5, 5.41) is 10.6. The number of rotatable bonds is 8. The van der Waals surface area contributed by atoms with E-state index in [1.54, 1.807) is 30.5 Å². The average molecular weight is 580 g/mol. The molecule has 204 valence electrons. The van der Waals surface area contributed by atoms with Crippen molar-refractivity contribution in [1.82, 2.24) is 24.5 Å². The van der Waals surface area contributed by atoms with Crippen LogP contribution in [0, 0.1) is 6.92 Å². The summed E-state index contributed by atoms with van der Waals surface area (Å²) < 4.78 is 40.8. The number of aromatic nitrogens is 5. The van der Waals surface area contributed by atoms with Gasteiger partial charge in [-0.15, -0.1) is 0 Å². The Morgan fingerprint density at radius 3 is 2.73 bits per heavy atom. The number of aryl methyl sites for hydroxylation is 1. The number of nitrogens with one attached hydrogen (secondary N) is 1. The number of sulfonamides is 1. The molecule has 0 atom stereocenters. The van der Waals surface area contributed by atoms with Gasteiger partial charge in [0.05, 0.1) is 25.5 Å². The zero-order chi connectivity index (χ0) is 28.4. The number of ether oxygens (including phenoxy) is 2. The lowest BCUT2D eigenvalue weighted by molar-refractivity contribution is 0.330. The molecule has 0 saturated heterocycles. The van der Waals surface area contributed by atoms with Crippen molar-refractivity contribution in [3.8, 4) is 17.2 Å². The van der Waals surface area contributed by atoms with Gasteiger partial charge in [0.25, 0.3) is 0 Å². The third-order valence-corrected chi connectivity index (χ3v) is 6.99. The van der Waals surface area contributed by atoms with Crippen molar-refractivity contribution in [3.05, 3.63) is 76.3 Å². The Bertz CT molecular complexity index is 1870. The molecule has 0 amide bonds. The first-order valence-corrected chi connectivity index (χ1v) is 13.9. The van der Waals surface area contributed by atoms with Gasteiger partial charge in [0.2, 0.25) is 15.9 Å². The minimum Gasteiger partial charge on any atom is -0.506 e. The Morgan fingerprint density at radius 1 is 1.18 bits per heavy atom. The molecule has 14 heteroatoms. The first-order valence-electron chi connectivity index (χ1n) is 11.9. The van der Waals surface area contributed by atoms with Crippen molar-refractivity contribution < 1.29 is 23.0 Å². The summed E-state index contributed by atoms with van der Waals surface area (Å²) in [4.78, 5) is 21.9. The average Bonchev–Trinajstić information content (AvgIpc) is 3.27. The highest BCUT2D eigenvalue weighted by atomic mass is 35.5. The summed E-state index contributed by atoms with van der Waals surface area (Å²) in [7, 11) is -2.55. The third-order valence-electron chi connectivity index (χ3n) is 5.55. The summed E-state index contributed by atoms with van der Waals surface area (Å²) in [6.45, 7) is 4.03. The summed E-state index contributed by atoms with van der Waals surface area (Å²) in [6.07, 6.45) is 3.09. The summed E-state index contributed by atoms with van der Waals surface area (Å²) >= 11 is 6.35. The van der Waals surface area contributed by atoms with Crippen LogP contribution in [-0.2, 0) is 20.5 Å². The molecule has 1 aliphatic heterocycles. The number of phenols is 1. The molecule has 0 spiro atoms. The lowest BCUT2D eigenvalue weighted by Gasteiger charge is -2.15. The van der Waals surface area contributed by atoms with Crippen LogP contribution in [0.3, 0.4) is 0 Å². The van der Waals surface area contributed by atoms with Gasteiger partial charge in [-0.2, -0.15) is 0 Å². The highest BCUT2D eigenvalue weighted by Gasteiger charge is 2.26. The largest absolute Gasteiger partial charge is 0.506 e. The van der Waals surface area contributed by atoms with Crippen LogP contribution in [0.4, 0.5) is 5.82 Å². The van der Waals surface area contributed by atoms with Gasteiger partial charge in [-0.3, -0.25) is 14.3 Å². The first-order chi connectivity index (χ1) is 19.2. The predicted molar refractivity (Wildman–Crippen MR) is 149 cm³/mol. The number of imidazole rings is 1. The highest BCUT2D eigenvalue weighted by Crippen LogP contribution is 2.37. The second-order valence-corrected chi connectivity index (χ2v) is 10.5. The Hall–Kier alpha value is -4.67. The van der Waals surface area contributed by atoms with Gasteiger partial charge in [0.15, 0.2) is 33.8 Å². The number of hydrogen-bond acceptors (Lipinski definition) is 10. The molecule has 0 radical (unpaired) electrons. The fraction of sp³-hybridized carbons (Fsp3) is 0.192. The van der Waals surface area contributed by atoms with Crippen LogP contribution < -0.4 is 9.46 Å². The lowest BCUT2D eigenvalue weighted by atomic mass is 10.2. The normalized spacial score (nSPS) is 12.8. The van der Waals surface area contributed by atoms with Gasteiger partial charge in [-0.05, 0) is 43.3 Å². The molecule has 1 aliphatic rings. The number of phenolic OH excluding ortho intramolecular Hbond substituents is 1. The smallest absolute Gasteiger partial charge is 0.239 e. The Kier molecular flexibility index (Phi) is 7.29. The Labute approximate surface area is 234 Å². The number of nitrogens with zero attached hydrogens (tertiary/aromatic N) is 6. The number of methoxy groups -OCH3 is 1. The van der Waals surface area contributed by atoms with Crippen LogP contribution in [0.1, 0.15) is 24.0 Å². The van der Waals surface area contributed by atoms with E-state index in [9.17, 15) is 13.5 Å². The molecule has 4 heterocycles. The van der Waals surface area contributed by atoms with Gasteiger partial charge >= 0.3 is 0 Å². The molecule has 5 rings (SSSR count). The number of anilines is 1. The standard InChI is InChI=1S/C26H22ClN7O5S/c1-4-39-20-10-5-7-17(29-20)25-32-24-26(34(25)21-18(35)8-6-9-19(21)38-3)31-23(22(27)30-24)33-40(36,37)14-16-12-11-15(2)13-28-16/h6,8-13,35H,4,14H2,1-3H3,(H,31,33). The van der Waals surface area contributed by atoms with E-state index in [2.05, 4.69) is 41.1 Å². The molecule has 4 aromatic rings. The summed E-state index contributed by atoms with van der Waals surface area (Å²) in [6, 6.07) is 8.07. The van der Waals surface area contributed by atoms with Crippen LogP contribution in [0.5, 0.6) is 11.5 Å². The molecule has 3 aromatic heterocycles. The molecule has 0 fully saturated rings. The first kappa shape index (κ1) is 26.9. The van der Waals surface area contributed by atoms with Crippen LogP contribution in [0.15, 0.2) is 59.1 Å². The molecule has 0 saturated carbocycles. The van der Waals surface area contributed by atoms with Crippen LogP contribution in [0.2, 0.25) is 5.15 Å². The number of hydrogen-bond donors (Lipinski definition) is 2. The molecule has 40 heavy (non-hydrogen) atoms. The minimum atomic E-state index is -3.99. The lowest BCUT2D eigenvalue weighted by Crippen LogP contribution is -2.17. The zero-order valence-electron chi connectivity index (χ0n) is 21.5. The number of aliphatic imine (C=N–C) groups is 1. The number of para-hydroxylation sites is 1. The van der Waals surface area contributed by atoms with E-state index in [1.165, 1.54) is 23.8 Å². The molecular weight excluding hydrogens is 558 g/mol. The van der Waals surface area contributed by atoms with Crippen LogP contribution in [-0.4, -0.2) is 57.6 Å². The monoisotopic (exact) mass is 579 g/mol. The van der Waals surface area contributed by atoms with E-state index in [0.29, 0.717) is 12.3 Å². The van der Waals surface area contributed by atoms with Gasteiger partial charge in [0.1, 0.15) is 22.9 Å². The number of fused-ring (bicyclic) bond motifs is 1. The SMILES string of the molecule is CCOC1=NC(c2nc3nc(Cl)c(NS(=O)(=O)Cc4ccc(C)cn4)nc3n2-c2c(O)cccc2OC)=C=C=C1. The van der Waals surface area contributed by atoms with E-state index >= 15 is 0 Å². The van der Waals surface area contributed by atoms with Crippen molar-refractivity contribution in [1.29, 1.82) is 0 Å². The minimum absolute atomic E-state index is 0.0467.